The molecule has 0 radical (unpaired) electrons. The van der Waals surface area contributed by atoms with Crippen molar-refractivity contribution in [1.29, 1.82) is 0 Å². The third-order valence-electron chi connectivity index (χ3n) is 4.02. The van der Waals surface area contributed by atoms with Gasteiger partial charge in [-0.3, -0.25) is 4.98 Å². The van der Waals surface area contributed by atoms with Crippen LogP contribution in [0.4, 0.5) is 4.39 Å². The first-order chi connectivity index (χ1) is 12.1. The molecule has 0 saturated carbocycles. The van der Waals surface area contributed by atoms with Crippen LogP contribution in [0.15, 0.2) is 48.8 Å². The maximum Gasteiger partial charge on any atom is 0.203 e. The lowest BCUT2D eigenvalue weighted by molar-refractivity contribution is -0.917. The van der Waals surface area contributed by atoms with Gasteiger partial charge in [-0.25, -0.2) is 4.39 Å². The maximum absolute atomic E-state index is 13.0. The van der Waals surface area contributed by atoms with Crippen molar-refractivity contribution in [1.82, 2.24) is 19.3 Å². The van der Waals surface area contributed by atoms with Crippen molar-refractivity contribution in [2.24, 2.45) is 0 Å². The molecule has 25 heavy (non-hydrogen) atoms. The number of halogens is 1. The van der Waals surface area contributed by atoms with Gasteiger partial charge < -0.3 is 9.47 Å². The monoisotopic (exact) mass is 358 g/mol. The molecule has 0 aliphatic heterocycles. The summed E-state index contributed by atoms with van der Waals surface area (Å²) in [6, 6.07) is 10.5. The second-order valence-corrected chi connectivity index (χ2v) is 6.37. The molecule has 1 unspecified atom stereocenters. The highest BCUT2D eigenvalue weighted by atomic mass is 32.1. The molecule has 0 aliphatic carbocycles. The van der Waals surface area contributed by atoms with Crippen LogP contribution in [0.25, 0.3) is 11.4 Å². The summed E-state index contributed by atoms with van der Waals surface area (Å²) in [6.07, 6.45) is 3.51. The van der Waals surface area contributed by atoms with Crippen LogP contribution in [-0.4, -0.2) is 26.4 Å². The van der Waals surface area contributed by atoms with Crippen molar-refractivity contribution in [3.8, 4) is 11.4 Å². The maximum atomic E-state index is 13.0. The van der Waals surface area contributed by atoms with E-state index in [4.69, 9.17) is 17.3 Å². The van der Waals surface area contributed by atoms with Gasteiger partial charge in [-0.2, -0.15) is 4.68 Å². The quantitative estimate of drug-likeness (QED) is 0.688. The Balaban J connectivity index is 1.81. The van der Waals surface area contributed by atoms with Crippen molar-refractivity contribution in [3.05, 3.63) is 64.9 Å². The lowest BCUT2D eigenvalue weighted by Crippen LogP contribution is -3.07. The third-order valence-corrected chi connectivity index (χ3v) is 4.45. The highest BCUT2D eigenvalue weighted by Gasteiger charge is 2.14. The van der Waals surface area contributed by atoms with Gasteiger partial charge in [-0.05, 0) is 43.4 Å². The number of quaternary nitrogens is 1. The first-order valence-corrected chi connectivity index (χ1v) is 8.63. The predicted molar refractivity (Wildman–Crippen MR) is 96.9 cm³/mol. The van der Waals surface area contributed by atoms with Crippen LogP contribution in [0.1, 0.15) is 12.5 Å². The Morgan fingerprint density at radius 3 is 2.44 bits per heavy atom. The molecule has 130 valence electrons. The van der Waals surface area contributed by atoms with E-state index in [-0.39, 0.29) is 5.82 Å². The fourth-order valence-corrected chi connectivity index (χ4v) is 3.13. The zero-order valence-electron chi connectivity index (χ0n) is 14.3. The second-order valence-electron chi connectivity index (χ2n) is 6.00. The van der Waals surface area contributed by atoms with Crippen molar-refractivity contribution >= 4 is 12.2 Å². The van der Waals surface area contributed by atoms with E-state index in [9.17, 15) is 4.39 Å². The van der Waals surface area contributed by atoms with Crippen LogP contribution in [0.2, 0.25) is 0 Å². The Bertz CT molecular complexity index is 886. The van der Waals surface area contributed by atoms with E-state index < -0.39 is 0 Å². The number of nitrogens with one attached hydrogen (secondary N) is 1. The van der Waals surface area contributed by atoms with E-state index in [1.807, 2.05) is 33.5 Å². The molecule has 7 heteroatoms. The standard InChI is InChI=1S/C18H20FN5S/c1-3-23-17(15-8-10-20-11-9-15)21-24(18(23)25)13-22(2)12-14-4-6-16(19)7-5-14/h4-11H,3,12-13H2,1-2H3/p+1. The number of nitrogens with zero attached hydrogens (tertiary/aromatic N) is 4. The molecule has 3 rings (SSSR count). The fraction of sp³-hybridized carbons (Fsp3) is 0.278. The Morgan fingerprint density at radius 2 is 1.80 bits per heavy atom. The number of hydrogen-bond donors (Lipinski definition) is 1. The lowest BCUT2D eigenvalue weighted by atomic mass is 10.2. The summed E-state index contributed by atoms with van der Waals surface area (Å²) in [5.41, 5.74) is 2.08. The molecule has 0 saturated heterocycles. The highest BCUT2D eigenvalue weighted by molar-refractivity contribution is 7.71. The normalized spacial score (nSPS) is 12.3. The van der Waals surface area contributed by atoms with Crippen LogP contribution in [0, 0.1) is 10.6 Å². The van der Waals surface area contributed by atoms with Gasteiger partial charge in [0.15, 0.2) is 12.5 Å². The first kappa shape index (κ1) is 17.4. The van der Waals surface area contributed by atoms with Gasteiger partial charge >= 0.3 is 0 Å². The summed E-state index contributed by atoms with van der Waals surface area (Å²) in [7, 11) is 2.07. The van der Waals surface area contributed by atoms with E-state index in [1.165, 1.54) is 17.0 Å². The van der Waals surface area contributed by atoms with Crippen molar-refractivity contribution in [2.75, 3.05) is 7.05 Å². The minimum Gasteiger partial charge on any atom is -0.315 e. The number of hydrogen-bond acceptors (Lipinski definition) is 3. The van der Waals surface area contributed by atoms with Crippen molar-refractivity contribution in [2.45, 2.75) is 26.7 Å². The first-order valence-electron chi connectivity index (χ1n) is 8.22. The van der Waals surface area contributed by atoms with E-state index >= 15 is 0 Å². The van der Waals surface area contributed by atoms with Crippen LogP contribution < -0.4 is 4.90 Å². The molecule has 0 aliphatic rings. The van der Waals surface area contributed by atoms with Gasteiger partial charge in [-0.15, -0.1) is 5.10 Å². The molecule has 1 atom stereocenters. The smallest absolute Gasteiger partial charge is 0.203 e. The van der Waals surface area contributed by atoms with Crippen molar-refractivity contribution in [3.63, 3.8) is 0 Å². The second kappa shape index (κ2) is 7.67. The van der Waals surface area contributed by atoms with Gasteiger partial charge in [0.2, 0.25) is 4.77 Å². The summed E-state index contributed by atoms with van der Waals surface area (Å²) in [5, 5.41) is 4.71. The largest absolute Gasteiger partial charge is 0.315 e. The SMILES string of the molecule is CCn1c(-c2ccncc2)nn(C[NH+](C)Cc2ccc(F)cc2)c1=S. The molecule has 0 amide bonds. The predicted octanol–water partition coefficient (Wildman–Crippen LogP) is 2.31. The minimum absolute atomic E-state index is 0.215. The Kier molecular flexibility index (Phi) is 5.35. The molecule has 5 nitrogen and oxygen atoms in total. The van der Waals surface area contributed by atoms with Crippen LogP contribution in [0.3, 0.4) is 0 Å². The fourth-order valence-electron chi connectivity index (χ4n) is 2.81. The molecular formula is C18H21FN5S+. The topological polar surface area (TPSA) is 40.1 Å². The molecule has 2 aromatic heterocycles. The molecule has 0 spiro atoms. The summed E-state index contributed by atoms with van der Waals surface area (Å²) in [4.78, 5) is 5.27. The third kappa shape index (κ3) is 4.00. The Morgan fingerprint density at radius 1 is 1.12 bits per heavy atom. The lowest BCUT2D eigenvalue weighted by Gasteiger charge is -2.13. The van der Waals surface area contributed by atoms with E-state index in [0.717, 1.165) is 30.0 Å². The van der Waals surface area contributed by atoms with Gasteiger partial charge in [0.1, 0.15) is 12.4 Å². The number of rotatable bonds is 6. The van der Waals surface area contributed by atoms with Crippen LogP contribution in [-0.2, 0) is 19.8 Å². The van der Waals surface area contributed by atoms with E-state index in [0.29, 0.717) is 11.4 Å². The molecule has 1 aromatic carbocycles. The highest BCUT2D eigenvalue weighted by Crippen LogP contribution is 2.16. The van der Waals surface area contributed by atoms with Gasteiger partial charge in [0.05, 0.1) is 7.05 Å². The zero-order valence-corrected chi connectivity index (χ0v) is 15.1. The number of pyridine rings is 1. The van der Waals surface area contributed by atoms with E-state index in [1.54, 1.807) is 12.4 Å². The summed E-state index contributed by atoms with van der Waals surface area (Å²) >= 11 is 5.60. The average molecular weight is 358 g/mol. The molecule has 0 fully saturated rings. The average Bonchev–Trinajstić information content (AvgIpc) is 2.93. The van der Waals surface area contributed by atoms with Gasteiger partial charge in [-0.1, -0.05) is 12.1 Å². The van der Waals surface area contributed by atoms with Gasteiger partial charge in [0.25, 0.3) is 0 Å². The molecule has 2 heterocycles. The van der Waals surface area contributed by atoms with Crippen LogP contribution in [0.5, 0.6) is 0 Å². The summed E-state index contributed by atoms with van der Waals surface area (Å²) in [5.74, 6) is 0.636. The van der Waals surface area contributed by atoms with Gasteiger partial charge in [0, 0.05) is 30.1 Å². The zero-order chi connectivity index (χ0) is 17.8. The molecular weight excluding hydrogens is 337 g/mol. The number of benzene rings is 1. The molecule has 1 N–H and O–H groups in total. The van der Waals surface area contributed by atoms with E-state index in [2.05, 4.69) is 19.0 Å². The Hall–Kier alpha value is -2.38. The molecule has 3 aromatic rings. The number of aromatic nitrogens is 4. The summed E-state index contributed by atoms with van der Waals surface area (Å²) < 4.78 is 17.6. The Labute approximate surface area is 151 Å². The minimum atomic E-state index is -0.215. The van der Waals surface area contributed by atoms with Crippen molar-refractivity contribution < 1.29 is 9.29 Å². The summed E-state index contributed by atoms with van der Waals surface area (Å²) in [6.45, 7) is 4.22. The molecule has 0 bridgehead atoms. The van der Waals surface area contributed by atoms with Crippen LogP contribution >= 0.6 is 12.2 Å².